The van der Waals surface area contributed by atoms with Crippen LogP contribution in [0, 0.1) is 12.3 Å². The van der Waals surface area contributed by atoms with Crippen molar-refractivity contribution in [2.75, 3.05) is 13.2 Å². The lowest BCUT2D eigenvalue weighted by Crippen LogP contribution is -2.39. The first-order valence-corrected chi connectivity index (χ1v) is 7.98. The molecule has 0 bridgehead atoms. The van der Waals surface area contributed by atoms with E-state index in [1.807, 2.05) is 32.2 Å². The molecule has 0 aliphatic rings. The Balaban J connectivity index is 2.04. The molecule has 1 aromatic heterocycles. The average Bonchev–Trinajstić information content (AvgIpc) is 2.94. The number of aromatic amines is 1. The van der Waals surface area contributed by atoms with Gasteiger partial charge in [0.1, 0.15) is 0 Å². The first kappa shape index (κ1) is 16.6. The van der Waals surface area contributed by atoms with Crippen molar-refractivity contribution in [2.24, 2.45) is 5.41 Å². The molecule has 0 aliphatic carbocycles. The van der Waals surface area contributed by atoms with Gasteiger partial charge in [-0.15, -0.1) is 0 Å². The zero-order chi connectivity index (χ0) is 16.2. The van der Waals surface area contributed by atoms with Gasteiger partial charge in [0.25, 0.3) is 0 Å². The molecule has 120 valence electrons. The van der Waals surface area contributed by atoms with Gasteiger partial charge in [0.15, 0.2) is 0 Å². The summed E-state index contributed by atoms with van der Waals surface area (Å²) in [6.45, 7) is 6.78. The van der Waals surface area contributed by atoms with E-state index < -0.39 is 0 Å². The summed E-state index contributed by atoms with van der Waals surface area (Å²) in [5.74, 6) is 0.00197. The van der Waals surface area contributed by atoms with E-state index in [2.05, 4.69) is 23.3 Å². The minimum Gasteiger partial charge on any atom is -0.396 e. The normalized spacial score (nSPS) is 11.8. The first-order chi connectivity index (χ1) is 10.5. The molecule has 2 rings (SSSR count). The van der Waals surface area contributed by atoms with Gasteiger partial charge >= 0.3 is 0 Å². The molecule has 0 fully saturated rings. The van der Waals surface area contributed by atoms with Crippen LogP contribution in [0.2, 0.25) is 0 Å². The maximum absolute atomic E-state index is 12.2. The van der Waals surface area contributed by atoms with Crippen molar-refractivity contribution in [3.05, 3.63) is 35.5 Å². The number of benzene rings is 1. The van der Waals surface area contributed by atoms with Crippen LogP contribution >= 0.6 is 0 Å². The number of H-pyrrole nitrogens is 1. The monoisotopic (exact) mass is 302 g/mol. The molecule has 0 atom stereocenters. The average molecular weight is 302 g/mol. The van der Waals surface area contributed by atoms with Gasteiger partial charge < -0.3 is 15.4 Å². The summed E-state index contributed by atoms with van der Waals surface area (Å²) in [7, 11) is 0. The molecule has 4 heteroatoms. The van der Waals surface area contributed by atoms with Gasteiger partial charge in [0.05, 0.1) is 13.0 Å². The molecule has 0 spiro atoms. The molecule has 0 unspecified atom stereocenters. The Morgan fingerprint density at radius 2 is 2.05 bits per heavy atom. The standard InChI is InChI=1S/C18H26N2O2/c1-4-18(5-2,12-21)11-20-16(22)9-14-10-19-17-13(3)7-6-8-15(14)17/h6-8,10,19,21H,4-5,9,11-12H2,1-3H3,(H,20,22). The summed E-state index contributed by atoms with van der Waals surface area (Å²) >= 11 is 0. The highest BCUT2D eigenvalue weighted by Gasteiger charge is 2.25. The van der Waals surface area contributed by atoms with Gasteiger partial charge in [-0.2, -0.15) is 0 Å². The SMILES string of the molecule is CCC(CC)(CO)CNC(=O)Cc1c[nH]c2c(C)cccc12. The van der Waals surface area contributed by atoms with Crippen LogP contribution in [0.4, 0.5) is 0 Å². The van der Waals surface area contributed by atoms with Gasteiger partial charge in [-0.3, -0.25) is 4.79 Å². The van der Waals surface area contributed by atoms with E-state index >= 15 is 0 Å². The minimum absolute atomic E-state index is 0.00197. The van der Waals surface area contributed by atoms with Crippen LogP contribution < -0.4 is 5.32 Å². The summed E-state index contributed by atoms with van der Waals surface area (Å²) in [6.07, 6.45) is 3.98. The highest BCUT2D eigenvalue weighted by molar-refractivity contribution is 5.90. The van der Waals surface area contributed by atoms with E-state index in [0.717, 1.165) is 29.3 Å². The van der Waals surface area contributed by atoms with Crippen molar-refractivity contribution >= 4 is 16.8 Å². The second kappa shape index (κ2) is 6.97. The molecule has 4 nitrogen and oxygen atoms in total. The van der Waals surface area contributed by atoms with Gasteiger partial charge in [0, 0.05) is 29.1 Å². The molecule has 0 aliphatic heterocycles. The number of aryl methyl sites for hydroxylation is 1. The van der Waals surface area contributed by atoms with E-state index in [4.69, 9.17) is 0 Å². The second-order valence-corrected chi connectivity index (χ2v) is 6.13. The van der Waals surface area contributed by atoms with Gasteiger partial charge in [-0.25, -0.2) is 0 Å². The second-order valence-electron chi connectivity index (χ2n) is 6.13. The lowest BCUT2D eigenvalue weighted by Gasteiger charge is -2.29. The van der Waals surface area contributed by atoms with Crippen molar-refractivity contribution < 1.29 is 9.90 Å². The van der Waals surface area contributed by atoms with E-state index in [1.165, 1.54) is 5.56 Å². The van der Waals surface area contributed by atoms with Crippen molar-refractivity contribution in [2.45, 2.75) is 40.0 Å². The molecule has 22 heavy (non-hydrogen) atoms. The van der Waals surface area contributed by atoms with E-state index in [9.17, 15) is 9.90 Å². The van der Waals surface area contributed by atoms with Crippen molar-refractivity contribution in [3.8, 4) is 0 Å². The summed E-state index contributed by atoms with van der Waals surface area (Å²) in [4.78, 5) is 15.5. The minimum atomic E-state index is -0.202. The summed E-state index contributed by atoms with van der Waals surface area (Å²) in [5.41, 5.74) is 3.09. The number of nitrogens with one attached hydrogen (secondary N) is 2. The predicted octanol–water partition coefficient (Wildman–Crippen LogP) is 2.93. The molecular weight excluding hydrogens is 276 g/mol. The molecule has 0 saturated heterocycles. The molecule has 0 radical (unpaired) electrons. The van der Waals surface area contributed by atoms with Gasteiger partial charge in [0.2, 0.25) is 5.91 Å². The number of aliphatic hydroxyl groups is 1. The molecule has 1 aromatic carbocycles. The molecule has 3 N–H and O–H groups in total. The summed E-state index contributed by atoms with van der Waals surface area (Å²) in [5, 5.41) is 13.6. The predicted molar refractivity (Wildman–Crippen MR) is 89.9 cm³/mol. The lowest BCUT2D eigenvalue weighted by molar-refractivity contribution is -0.121. The summed E-state index contributed by atoms with van der Waals surface area (Å²) < 4.78 is 0. The Morgan fingerprint density at radius 1 is 1.32 bits per heavy atom. The molecule has 1 amide bonds. The number of fused-ring (bicyclic) bond motifs is 1. The number of carbonyl (C=O) groups excluding carboxylic acids is 1. The Kier molecular flexibility index (Phi) is 5.24. The number of carbonyl (C=O) groups is 1. The molecular formula is C18H26N2O2. The zero-order valence-electron chi connectivity index (χ0n) is 13.7. The number of para-hydroxylation sites is 1. The maximum Gasteiger partial charge on any atom is 0.224 e. The third kappa shape index (κ3) is 3.33. The number of hydrogen-bond acceptors (Lipinski definition) is 2. The smallest absolute Gasteiger partial charge is 0.224 e. The van der Waals surface area contributed by atoms with E-state index in [0.29, 0.717) is 13.0 Å². The molecule has 0 saturated carbocycles. The van der Waals surface area contributed by atoms with Crippen LogP contribution in [0.1, 0.15) is 37.8 Å². The fourth-order valence-corrected chi connectivity index (χ4v) is 2.81. The zero-order valence-corrected chi connectivity index (χ0v) is 13.7. The van der Waals surface area contributed by atoms with Crippen molar-refractivity contribution in [1.82, 2.24) is 10.3 Å². The summed E-state index contributed by atoms with van der Waals surface area (Å²) in [6, 6.07) is 6.11. The number of rotatable bonds is 7. The van der Waals surface area contributed by atoms with Crippen LogP contribution in [0.5, 0.6) is 0 Å². The maximum atomic E-state index is 12.2. The largest absolute Gasteiger partial charge is 0.396 e. The van der Waals surface area contributed by atoms with Crippen LogP contribution in [-0.4, -0.2) is 29.1 Å². The van der Waals surface area contributed by atoms with E-state index in [1.54, 1.807) is 0 Å². The van der Waals surface area contributed by atoms with Gasteiger partial charge in [-0.1, -0.05) is 32.0 Å². The Labute approximate surface area is 131 Å². The quantitative estimate of drug-likeness (QED) is 0.736. The Morgan fingerprint density at radius 3 is 2.68 bits per heavy atom. The highest BCUT2D eigenvalue weighted by atomic mass is 16.3. The first-order valence-electron chi connectivity index (χ1n) is 7.98. The van der Waals surface area contributed by atoms with Gasteiger partial charge in [-0.05, 0) is 30.9 Å². The van der Waals surface area contributed by atoms with Crippen molar-refractivity contribution in [3.63, 3.8) is 0 Å². The van der Waals surface area contributed by atoms with Crippen LogP contribution in [0.25, 0.3) is 10.9 Å². The fraction of sp³-hybridized carbons (Fsp3) is 0.500. The van der Waals surface area contributed by atoms with E-state index in [-0.39, 0.29) is 17.9 Å². The third-order valence-corrected chi connectivity index (χ3v) is 4.86. The Bertz CT molecular complexity index is 633. The Hall–Kier alpha value is -1.81. The number of aliphatic hydroxyl groups excluding tert-OH is 1. The van der Waals surface area contributed by atoms with Crippen LogP contribution in [-0.2, 0) is 11.2 Å². The lowest BCUT2D eigenvalue weighted by atomic mass is 9.83. The number of amides is 1. The molecule has 1 heterocycles. The molecule has 2 aromatic rings. The third-order valence-electron chi connectivity index (χ3n) is 4.86. The fourth-order valence-electron chi connectivity index (χ4n) is 2.81. The number of aromatic nitrogens is 1. The van der Waals surface area contributed by atoms with Crippen molar-refractivity contribution in [1.29, 1.82) is 0 Å². The highest BCUT2D eigenvalue weighted by Crippen LogP contribution is 2.25. The number of hydrogen-bond donors (Lipinski definition) is 3. The van der Waals surface area contributed by atoms with Crippen LogP contribution in [0.3, 0.4) is 0 Å². The topological polar surface area (TPSA) is 65.1 Å². The van der Waals surface area contributed by atoms with Crippen LogP contribution in [0.15, 0.2) is 24.4 Å².